The molecule has 3 aromatic heterocycles. The Morgan fingerprint density at radius 1 is 1.12 bits per heavy atom. The maximum absolute atomic E-state index is 13.9. The lowest BCUT2D eigenvalue weighted by Crippen LogP contribution is -2.06. The van der Waals surface area contributed by atoms with Crippen LogP contribution >= 0.6 is 0 Å². The van der Waals surface area contributed by atoms with Crippen LogP contribution in [0.25, 0.3) is 11.0 Å². The molecule has 0 aliphatic rings. The zero-order valence-electron chi connectivity index (χ0n) is 13.2. The summed E-state index contributed by atoms with van der Waals surface area (Å²) < 4.78 is 30.1. The lowest BCUT2D eigenvalue weighted by atomic mass is 10.2. The molecule has 0 aliphatic carbocycles. The zero-order chi connectivity index (χ0) is 17.4. The largest absolute Gasteiger partial charge is 0.321 e. The molecule has 1 N–H and O–H groups in total. The molecule has 3 heterocycles. The van der Waals surface area contributed by atoms with Crippen LogP contribution in [-0.4, -0.2) is 29.5 Å². The first-order valence-corrected chi connectivity index (χ1v) is 7.46. The van der Waals surface area contributed by atoms with E-state index in [2.05, 4.69) is 25.5 Å². The number of aromatic nitrogens is 6. The molecule has 126 valence electrons. The van der Waals surface area contributed by atoms with Crippen molar-refractivity contribution in [2.75, 3.05) is 5.32 Å². The number of anilines is 2. The summed E-state index contributed by atoms with van der Waals surface area (Å²) in [6.45, 7) is 0.138. The average molecular weight is 341 g/mol. The fourth-order valence-electron chi connectivity index (χ4n) is 2.47. The molecule has 25 heavy (non-hydrogen) atoms. The Balaban J connectivity index is 1.66. The Kier molecular flexibility index (Phi) is 3.60. The van der Waals surface area contributed by atoms with Crippen molar-refractivity contribution >= 4 is 22.7 Å². The number of benzene rings is 1. The number of nitrogens with one attached hydrogen (secondary N) is 1. The van der Waals surface area contributed by atoms with Crippen LogP contribution in [0.15, 0.2) is 43.0 Å². The first kappa shape index (κ1) is 15.2. The number of aryl methyl sites for hydroxylation is 1. The Bertz CT molecular complexity index is 1050. The second kappa shape index (κ2) is 5.93. The minimum atomic E-state index is -0.619. The Labute approximate surface area is 140 Å². The van der Waals surface area contributed by atoms with Gasteiger partial charge in [-0.2, -0.15) is 15.2 Å². The Hall–Kier alpha value is -3.36. The van der Waals surface area contributed by atoms with Gasteiger partial charge in [-0.15, -0.1) is 0 Å². The predicted octanol–water partition coefficient (Wildman–Crippen LogP) is 2.63. The van der Waals surface area contributed by atoms with Gasteiger partial charge in [-0.05, 0) is 6.07 Å². The van der Waals surface area contributed by atoms with Gasteiger partial charge < -0.3 is 5.32 Å². The molecule has 0 amide bonds. The van der Waals surface area contributed by atoms with Gasteiger partial charge in [0.05, 0.1) is 30.0 Å². The molecular weight excluding hydrogens is 328 g/mol. The number of rotatable bonds is 4. The van der Waals surface area contributed by atoms with Gasteiger partial charge in [0.25, 0.3) is 0 Å². The number of halogens is 2. The third-order valence-electron chi connectivity index (χ3n) is 3.67. The van der Waals surface area contributed by atoms with Gasteiger partial charge in [0.15, 0.2) is 5.65 Å². The van der Waals surface area contributed by atoms with Gasteiger partial charge >= 0.3 is 0 Å². The van der Waals surface area contributed by atoms with E-state index in [1.54, 1.807) is 34.2 Å². The zero-order valence-corrected chi connectivity index (χ0v) is 13.2. The van der Waals surface area contributed by atoms with Crippen LogP contribution in [-0.2, 0) is 13.6 Å². The topological polar surface area (TPSA) is 73.5 Å². The van der Waals surface area contributed by atoms with Crippen molar-refractivity contribution in [2.45, 2.75) is 6.54 Å². The van der Waals surface area contributed by atoms with Crippen molar-refractivity contribution in [3.63, 3.8) is 0 Å². The van der Waals surface area contributed by atoms with E-state index in [-0.39, 0.29) is 6.54 Å². The standard InChI is InChI=1S/C16H13F2N7/c1-24-9-13(7-20-24)22-16-19-5-11-6-21-25(15(11)23-16)8-10-2-3-12(17)4-14(10)18/h2-7,9H,8H2,1H3,(H,19,22,23). The maximum atomic E-state index is 13.9. The van der Waals surface area contributed by atoms with Crippen molar-refractivity contribution in [3.05, 3.63) is 60.2 Å². The lowest BCUT2D eigenvalue weighted by Gasteiger charge is -2.06. The van der Waals surface area contributed by atoms with Crippen molar-refractivity contribution in [1.82, 2.24) is 29.5 Å². The van der Waals surface area contributed by atoms with Gasteiger partial charge in [-0.1, -0.05) is 6.07 Å². The number of hydrogen-bond donors (Lipinski definition) is 1. The van der Waals surface area contributed by atoms with Crippen LogP contribution in [0, 0.1) is 11.6 Å². The first-order chi connectivity index (χ1) is 12.1. The molecule has 0 saturated carbocycles. The Morgan fingerprint density at radius 3 is 2.76 bits per heavy atom. The van der Waals surface area contributed by atoms with E-state index in [1.807, 2.05) is 7.05 Å². The van der Waals surface area contributed by atoms with Crippen molar-refractivity contribution in [3.8, 4) is 0 Å². The van der Waals surface area contributed by atoms with Crippen LogP contribution < -0.4 is 5.32 Å². The molecule has 0 atom stereocenters. The van der Waals surface area contributed by atoms with E-state index in [9.17, 15) is 8.78 Å². The summed E-state index contributed by atoms with van der Waals surface area (Å²) in [7, 11) is 1.81. The molecule has 4 aromatic rings. The minimum Gasteiger partial charge on any atom is -0.321 e. The second-order valence-electron chi connectivity index (χ2n) is 5.54. The molecule has 9 heteroatoms. The maximum Gasteiger partial charge on any atom is 0.229 e. The molecule has 4 rings (SSSR count). The van der Waals surface area contributed by atoms with E-state index < -0.39 is 11.6 Å². The quantitative estimate of drug-likeness (QED) is 0.618. The van der Waals surface area contributed by atoms with Crippen molar-refractivity contribution in [2.24, 2.45) is 7.05 Å². The van der Waals surface area contributed by atoms with E-state index >= 15 is 0 Å². The van der Waals surface area contributed by atoms with Gasteiger partial charge in [-0.25, -0.2) is 18.4 Å². The molecule has 7 nitrogen and oxygen atoms in total. The molecule has 0 saturated heterocycles. The summed E-state index contributed by atoms with van der Waals surface area (Å²) in [4.78, 5) is 8.65. The summed E-state index contributed by atoms with van der Waals surface area (Å²) in [5, 5.41) is 12.0. The van der Waals surface area contributed by atoms with Gasteiger partial charge in [0.1, 0.15) is 11.6 Å². The minimum absolute atomic E-state index is 0.138. The number of nitrogens with zero attached hydrogens (tertiary/aromatic N) is 6. The second-order valence-corrected chi connectivity index (χ2v) is 5.54. The van der Waals surface area contributed by atoms with E-state index in [1.165, 1.54) is 12.1 Å². The van der Waals surface area contributed by atoms with E-state index in [4.69, 9.17) is 0 Å². The van der Waals surface area contributed by atoms with Gasteiger partial charge in [0.2, 0.25) is 5.95 Å². The molecule has 0 bridgehead atoms. The monoisotopic (exact) mass is 341 g/mol. The molecule has 0 radical (unpaired) electrons. The van der Waals surface area contributed by atoms with Crippen LogP contribution in [0.5, 0.6) is 0 Å². The van der Waals surface area contributed by atoms with Gasteiger partial charge in [0, 0.05) is 31.1 Å². The van der Waals surface area contributed by atoms with Crippen molar-refractivity contribution in [1.29, 1.82) is 0 Å². The fraction of sp³-hybridized carbons (Fsp3) is 0.125. The molecule has 0 unspecified atom stereocenters. The molecule has 1 aromatic carbocycles. The van der Waals surface area contributed by atoms with Crippen LogP contribution in [0.4, 0.5) is 20.4 Å². The summed E-state index contributed by atoms with van der Waals surface area (Å²) in [6.07, 6.45) is 6.67. The van der Waals surface area contributed by atoms with Gasteiger partial charge in [-0.3, -0.25) is 4.68 Å². The highest BCUT2D eigenvalue weighted by atomic mass is 19.1. The summed E-state index contributed by atoms with van der Waals surface area (Å²) in [5.74, 6) is -0.856. The smallest absolute Gasteiger partial charge is 0.229 e. The normalized spacial score (nSPS) is 11.2. The SMILES string of the molecule is Cn1cc(Nc2ncc3cnn(Cc4ccc(F)cc4F)c3n2)cn1. The van der Waals surface area contributed by atoms with Crippen LogP contribution in [0.3, 0.4) is 0 Å². The van der Waals surface area contributed by atoms with E-state index in [0.717, 1.165) is 17.1 Å². The summed E-state index contributed by atoms with van der Waals surface area (Å²) >= 11 is 0. The summed E-state index contributed by atoms with van der Waals surface area (Å²) in [6, 6.07) is 3.47. The fourth-order valence-corrected chi connectivity index (χ4v) is 2.47. The average Bonchev–Trinajstić information content (AvgIpc) is 3.16. The third kappa shape index (κ3) is 3.03. The van der Waals surface area contributed by atoms with Crippen LogP contribution in [0.2, 0.25) is 0 Å². The highest BCUT2D eigenvalue weighted by molar-refractivity contribution is 5.75. The van der Waals surface area contributed by atoms with Crippen molar-refractivity contribution < 1.29 is 8.78 Å². The predicted molar refractivity (Wildman–Crippen MR) is 87.3 cm³/mol. The number of fused-ring (bicyclic) bond motifs is 1. The van der Waals surface area contributed by atoms with E-state index in [0.29, 0.717) is 17.2 Å². The van der Waals surface area contributed by atoms with Crippen LogP contribution in [0.1, 0.15) is 5.56 Å². The lowest BCUT2D eigenvalue weighted by molar-refractivity contribution is 0.560. The first-order valence-electron chi connectivity index (χ1n) is 7.46. The molecular formula is C16H13F2N7. The Morgan fingerprint density at radius 2 is 2.00 bits per heavy atom. The third-order valence-corrected chi connectivity index (χ3v) is 3.67. The molecule has 0 fully saturated rings. The number of hydrogen-bond acceptors (Lipinski definition) is 5. The highest BCUT2D eigenvalue weighted by Gasteiger charge is 2.11. The molecule has 0 aliphatic heterocycles. The highest BCUT2D eigenvalue weighted by Crippen LogP contribution is 2.18. The summed E-state index contributed by atoms with van der Waals surface area (Å²) in [5.41, 5.74) is 1.62. The molecule has 0 spiro atoms.